The van der Waals surface area contributed by atoms with Gasteiger partial charge in [0.05, 0.1) is 24.9 Å². The van der Waals surface area contributed by atoms with E-state index in [2.05, 4.69) is 132 Å². The van der Waals surface area contributed by atoms with Gasteiger partial charge in [-0.3, -0.25) is 4.98 Å². The summed E-state index contributed by atoms with van der Waals surface area (Å²) in [7, 11) is -1.50. The Morgan fingerprint density at radius 2 is 1.51 bits per heavy atom. The fraction of sp³-hybridized carbons (Fsp3) is 0.146. The van der Waals surface area contributed by atoms with E-state index in [9.17, 15) is 0 Å². The monoisotopic (exact) mass is 928 g/mol. The van der Waals surface area contributed by atoms with Gasteiger partial charge in [0.1, 0.15) is 4.83 Å². The van der Waals surface area contributed by atoms with Gasteiger partial charge in [0.2, 0.25) is 0 Å². The molecule has 0 fully saturated rings. The van der Waals surface area contributed by atoms with E-state index in [1.807, 2.05) is 69.4 Å². The fourth-order valence-electron chi connectivity index (χ4n) is 6.96. The van der Waals surface area contributed by atoms with Crippen LogP contribution in [0.1, 0.15) is 32.4 Å². The summed E-state index contributed by atoms with van der Waals surface area (Å²) in [5, 5.41) is 3.65. The summed E-state index contributed by atoms with van der Waals surface area (Å²) >= 11 is 1.72. The summed E-state index contributed by atoms with van der Waals surface area (Å²) in [5.41, 5.74) is 10.5. The molecule has 0 saturated heterocycles. The van der Waals surface area contributed by atoms with Crippen LogP contribution >= 0.6 is 11.3 Å². The van der Waals surface area contributed by atoms with Crippen molar-refractivity contribution in [3.8, 4) is 39.5 Å². The van der Waals surface area contributed by atoms with E-state index in [-0.39, 0.29) is 20.1 Å². The minimum atomic E-state index is -1.50. The molecule has 9 aromatic rings. The van der Waals surface area contributed by atoms with Crippen LogP contribution in [-0.2, 0) is 20.1 Å². The molecule has 9 rings (SSSR count). The Hall–Kier alpha value is -5.04. The number of nitrogens with zero attached hydrogens (tertiary/aromatic N) is 4. The third-order valence-corrected chi connectivity index (χ3v) is 12.8. The summed E-state index contributed by atoms with van der Waals surface area (Å²) in [5.74, 6) is 0.285. The first kappa shape index (κ1) is 36.9. The number of imidazole rings is 1. The Kier molecular flexibility index (Phi) is 10.7. The number of aryl methyl sites for hydroxylation is 1. The van der Waals surface area contributed by atoms with E-state index < -0.39 is 14.0 Å². The van der Waals surface area contributed by atoms with Gasteiger partial charge in [-0.25, -0.2) is 4.98 Å². The minimum Gasteiger partial charge on any atom is -0.333 e. The van der Waals surface area contributed by atoms with Crippen molar-refractivity contribution >= 4 is 55.9 Å². The topological polar surface area (TPSA) is 43.6 Å². The number of rotatable bonds is 6. The van der Waals surface area contributed by atoms with Gasteiger partial charge < -0.3 is 9.55 Å². The number of aromatic nitrogens is 4. The Morgan fingerprint density at radius 1 is 0.745 bits per heavy atom. The van der Waals surface area contributed by atoms with E-state index in [1.165, 1.54) is 27.1 Å². The molecule has 0 aliphatic heterocycles. The SMILES string of the molecule is Cc1ccc2c(n1)sc1c(-c3nc4ccccc4n3-c3cccc(-c4ccccc4)c3)[c-]ccc12.[2H]C(C)(C)c1cc(-c2[c-]cccc2)ncc1[Si](C)(C)C.[Ir]. The molecule has 4 nitrogen and oxygen atoms in total. The average Bonchev–Trinajstić information content (AvgIpc) is 3.76. The third kappa shape index (κ3) is 7.76. The molecule has 1 radical (unpaired) electrons. The van der Waals surface area contributed by atoms with Crippen molar-refractivity contribution in [1.82, 2.24) is 19.5 Å². The van der Waals surface area contributed by atoms with E-state index >= 15 is 0 Å². The van der Waals surface area contributed by atoms with Crippen molar-refractivity contribution < 1.29 is 21.5 Å². The Morgan fingerprint density at radius 3 is 2.27 bits per heavy atom. The van der Waals surface area contributed by atoms with Crippen molar-refractivity contribution in [2.45, 2.75) is 46.3 Å². The summed E-state index contributed by atoms with van der Waals surface area (Å²) in [6.45, 7) is 12.8. The van der Waals surface area contributed by atoms with E-state index in [0.29, 0.717) is 0 Å². The zero-order chi connectivity index (χ0) is 38.3. The number of thiophene rings is 1. The first-order chi connectivity index (χ1) is 26.5. The van der Waals surface area contributed by atoms with Crippen LogP contribution in [0.2, 0.25) is 19.6 Å². The predicted octanol–water partition coefficient (Wildman–Crippen LogP) is 12.4. The second kappa shape index (κ2) is 16.0. The van der Waals surface area contributed by atoms with Crippen molar-refractivity contribution in [3.63, 3.8) is 0 Å². The molecule has 0 atom stereocenters. The van der Waals surface area contributed by atoms with Crippen molar-refractivity contribution in [1.29, 1.82) is 0 Å². The molecular formula is C48H42IrN4SSi-2. The van der Waals surface area contributed by atoms with Crippen molar-refractivity contribution in [2.24, 2.45) is 0 Å². The van der Waals surface area contributed by atoms with Crippen LogP contribution in [-0.4, -0.2) is 27.6 Å². The second-order valence-electron chi connectivity index (χ2n) is 14.8. The molecule has 275 valence electrons. The molecule has 0 unspecified atom stereocenters. The van der Waals surface area contributed by atoms with Crippen LogP contribution in [0.3, 0.4) is 0 Å². The predicted molar refractivity (Wildman–Crippen MR) is 232 cm³/mol. The Balaban J connectivity index is 0.000000197. The van der Waals surface area contributed by atoms with Crippen LogP contribution in [0.25, 0.3) is 70.8 Å². The minimum absolute atomic E-state index is 0. The molecule has 0 aliphatic rings. The van der Waals surface area contributed by atoms with E-state index in [0.717, 1.165) is 60.2 Å². The number of para-hydroxylation sites is 2. The van der Waals surface area contributed by atoms with Crippen molar-refractivity contribution in [3.05, 3.63) is 163 Å². The molecule has 0 N–H and O–H groups in total. The standard InChI is InChI=1S/C31H20N3S.C17H22NSi.Ir/c1-20-17-18-25-24-13-8-14-26(29(24)35-31(25)32-20)30-33-27-15-5-6-16-28(27)34(30)23-12-7-11-22(19-23)21-9-3-2-4-10-21;1-13(2)15-11-16(14-9-7-6-8-10-14)18-12-17(15)19(3,4)5;/h2-13,15-19H,1H3;6-9,11-13H,1-5H3;/q2*-1;/i;13D;. The molecular weight excluding hydrogens is 885 g/mol. The molecule has 0 amide bonds. The number of fused-ring (bicyclic) bond motifs is 4. The molecule has 5 aromatic carbocycles. The first-order valence-corrected chi connectivity index (χ1v) is 22.6. The Labute approximate surface area is 343 Å². The number of pyridine rings is 2. The summed E-state index contributed by atoms with van der Waals surface area (Å²) < 4.78 is 11.9. The van der Waals surface area contributed by atoms with Gasteiger partial charge in [-0.2, -0.15) is 11.3 Å². The summed E-state index contributed by atoms with van der Waals surface area (Å²) in [6.07, 6.45) is 1.98. The molecule has 0 bridgehead atoms. The van der Waals surface area contributed by atoms with Gasteiger partial charge in [-0.15, -0.1) is 54.1 Å². The van der Waals surface area contributed by atoms with Crippen LogP contribution in [0.4, 0.5) is 0 Å². The smallest absolute Gasteiger partial charge is 0.113 e. The fourth-order valence-corrected chi connectivity index (χ4v) is 9.75. The van der Waals surface area contributed by atoms with Gasteiger partial charge in [-0.05, 0) is 75.2 Å². The van der Waals surface area contributed by atoms with E-state index in [1.54, 1.807) is 11.3 Å². The van der Waals surface area contributed by atoms with Gasteiger partial charge in [0.25, 0.3) is 0 Å². The van der Waals surface area contributed by atoms with Gasteiger partial charge in [0, 0.05) is 39.1 Å². The van der Waals surface area contributed by atoms with Crippen LogP contribution < -0.4 is 5.19 Å². The van der Waals surface area contributed by atoms with Gasteiger partial charge in [-0.1, -0.05) is 117 Å². The maximum absolute atomic E-state index is 8.44. The second-order valence-corrected chi connectivity index (χ2v) is 20.9. The molecule has 55 heavy (non-hydrogen) atoms. The first-order valence-electron chi connectivity index (χ1n) is 18.8. The van der Waals surface area contributed by atoms with Crippen LogP contribution in [0, 0.1) is 19.1 Å². The maximum Gasteiger partial charge on any atom is 0.113 e. The zero-order valence-corrected chi connectivity index (χ0v) is 36.0. The van der Waals surface area contributed by atoms with Crippen molar-refractivity contribution in [2.75, 3.05) is 0 Å². The van der Waals surface area contributed by atoms with Crippen LogP contribution in [0.5, 0.6) is 0 Å². The average molecular weight is 928 g/mol. The zero-order valence-electron chi connectivity index (χ0n) is 32.8. The van der Waals surface area contributed by atoms with Gasteiger partial charge in [0.15, 0.2) is 0 Å². The maximum atomic E-state index is 8.44. The molecule has 4 aromatic heterocycles. The number of hydrogen-bond donors (Lipinski definition) is 0. The molecule has 0 aliphatic carbocycles. The number of hydrogen-bond acceptors (Lipinski definition) is 4. The normalized spacial score (nSPS) is 11.9. The Bertz CT molecular complexity index is 2800. The molecule has 0 saturated carbocycles. The van der Waals surface area contributed by atoms with Gasteiger partial charge >= 0.3 is 0 Å². The van der Waals surface area contributed by atoms with Crippen LogP contribution in [0.15, 0.2) is 140 Å². The number of benzene rings is 5. The molecule has 7 heteroatoms. The quantitative estimate of drug-likeness (QED) is 0.123. The summed E-state index contributed by atoms with van der Waals surface area (Å²) in [6, 6.07) is 52.5. The summed E-state index contributed by atoms with van der Waals surface area (Å²) in [4.78, 5) is 15.6. The third-order valence-electron chi connectivity index (χ3n) is 9.67. The van der Waals surface area contributed by atoms with E-state index in [4.69, 9.17) is 11.3 Å². The largest absolute Gasteiger partial charge is 0.333 e. The molecule has 4 heterocycles. The molecule has 0 spiro atoms.